The molecule has 1 amide bonds. The van der Waals surface area contributed by atoms with Crippen LogP contribution in [-0.2, 0) is 14.8 Å². The van der Waals surface area contributed by atoms with Gasteiger partial charge in [0.25, 0.3) is 0 Å². The molecule has 1 saturated heterocycles. The van der Waals surface area contributed by atoms with Crippen molar-refractivity contribution in [2.75, 3.05) is 30.2 Å². The number of amides is 1. The number of nitrogens with zero attached hydrogens (tertiary/aromatic N) is 2. The summed E-state index contributed by atoms with van der Waals surface area (Å²) in [6.45, 7) is 7.04. The van der Waals surface area contributed by atoms with Crippen molar-refractivity contribution in [3.63, 3.8) is 0 Å². The molecule has 1 atom stereocenters. The second-order valence-electron chi connectivity index (χ2n) is 7.56. The van der Waals surface area contributed by atoms with Gasteiger partial charge in [0, 0.05) is 19.6 Å². The maximum Gasteiger partial charge on any atom is 0.410 e. The molecule has 6 nitrogen and oxygen atoms in total. The highest BCUT2D eigenvalue weighted by Gasteiger charge is 2.30. The average molecular weight is 368 g/mol. The van der Waals surface area contributed by atoms with E-state index in [0.29, 0.717) is 25.3 Å². The van der Waals surface area contributed by atoms with Crippen LogP contribution >= 0.6 is 0 Å². The third-order valence-electron chi connectivity index (χ3n) is 4.04. The van der Waals surface area contributed by atoms with Gasteiger partial charge < -0.3 is 9.64 Å². The van der Waals surface area contributed by atoms with Crippen LogP contribution in [0.25, 0.3) is 0 Å². The van der Waals surface area contributed by atoms with Crippen LogP contribution in [-0.4, -0.2) is 50.9 Å². The van der Waals surface area contributed by atoms with Crippen molar-refractivity contribution in [2.24, 2.45) is 5.92 Å². The van der Waals surface area contributed by atoms with E-state index in [2.05, 4.69) is 0 Å². The maximum atomic E-state index is 12.3. The molecule has 0 radical (unpaired) electrons. The second-order valence-corrected chi connectivity index (χ2v) is 9.47. The van der Waals surface area contributed by atoms with Crippen molar-refractivity contribution >= 4 is 21.8 Å². The Labute approximate surface area is 150 Å². The van der Waals surface area contributed by atoms with Crippen molar-refractivity contribution < 1.29 is 17.9 Å². The fraction of sp³-hybridized carbons (Fsp3) is 0.611. The summed E-state index contributed by atoms with van der Waals surface area (Å²) in [5, 5.41) is 0. The van der Waals surface area contributed by atoms with E-state index < -0.39 is 15.6 Å². The van der Waals surface area contributed by atoms with Gasteiger partial charge in [0.05, 0.1) is 11.9 Å². The summed E-state index contributed by atoms with van der Waals surface area (Å²) in [6.07, 6.45) is 2.62. The lowest BCUT2D eigenvalue weighted by atomic mass is 9.98. The number of likely N-dealkylation sites (tertiary alicyclic amines) is 1. The Morgan fingerprint density at radius 3 is 2.48 bits per heavy atom. The van der Waals surface area contributed by atoms with Gasteiger partial charge in [-0.1, -0.05) is 18.2 Å². The molecule has 0 unspecified atom stereocenters. The highest BCUT2D eigenvalue weighted by molar-refractivity contribution is 7.92. The first-order valence-electron chi connectivity index (χ1n) is 8.57. The lowest BCUT2D eigenvalue weighted by Gasteiger charge is -2.36. The van der Waals surface area contributed by atoms with Crippen LogP contribution in [0.5, 0.6) is 0 Å². The summed E-state index contributed by atoms with van der Waals surface area (Å²) in [5.41, 5.74) is 0.117. The fourth-order valence-electron chi connectivity index (χ4n) is 2.97. The van der Waals surface area contributed by atoms with Gasteiger partial charge in [0.2, 0.25) is 10.0 Å². The largest absolute Gasteiger partial charge is 0.444 e. The fourth-order valence-corrected chi connectivity index (χ4v) is 3.95. The number of hydrogen-bond acceptors (Lipinski definition) is 4. The molecular weight excluding hydrogens is 340 g/mol. The number of ether oxygens (including phenoxy) is 1. The summed E-state index contributed by atoms with van der Waals surface area (Å²) < 4.78 is 31.3. The lowest BCUT2D eigenvalue weighted by Crippen LogP contribution is -2.46. The molecular formula is C18H28N2O4S. The van der Waals surface area contributed by atoms with Crippen molar-refractivity contribution in [1.29, 1.82) is 0 Å². The predicted octanol–water partition coefficient (Wildman–Crippen LogP) is 3.10. The zero-order chi connectivity index (χ0) is 18.7. The van der Waals surface area contributed by atoms with Crippen LogP contribution in [0.3, 0.4) is 0 Å². The Morgan fingerprint density at radius 1 is 1.28 bits per heavy atom. The molecule has 140 valence electrons. The number of piperidine rings is 1. The Bertz CT molecular complexity index is 683. The van der Waals surface area contributed by atoms with Crippen LogP contribution in [0.2, 0.25) is 0 Å². The van der Waals surface area contributed by atoms with Crippen LogP contribution in [0.4, 0.5) is 10.5 Å². The van der Waals surface area contributed by atoms with E-state index in [1.165, 1.54) is 10.6 Å². The minimum absolute atomic E-state index is 0.0798. The molecule has 0 saturated carbocycles. The first kappa shape index (κ1) is 19.6. The summed E-state index contributed by atoms with van der Waals surface area (Å²) in [5.74, 6) is 0.0798. The van der Waals surface area contributed by atoms with Gasteiger partial charge in [-0.15, -0.1) is 0 Å². The van der Waals surface area contributed by atoms with Crippen molar-refractivity contribution in [1.82, 2.24) is 4.90 Å². The van der Waals surface area contributed by atoms with Crippen LogP contribution < -0.4 is 4.31 Å². The molecule has 7 heteroatoms. The van der Waals surface area contributed by atoms with Gasteiger partial charge in [0.15, 0.2) is 0 Å². The SMILES string of the molecule is CC(C)(C)OC(=O)N1CCC[C@@H](CN(c2ccccc2)S(C)(=O)=O)C1. The van der Waals surface area contributed by atoms with E-state index in [1.807, 2.05) is 39.0 Å². The molecule has 0 aromatic heterocycles. The van der Waals surface area contributed by atoms with Gasteiger partial charge in [-0.2, -0.15) is 0 Å². The highest BCUT2D eigenvalue weighted by atomic mass is 32.2. The van der Waals surface area contributed by atoms with Gasteiger partial charge >= 0.3 is 6.09 Å². The predicted molar refractivity (Wildman–Crippen MR) is 99.2 cm³/mol. The number of hydrogen-bond donors (Lipinski definition) is 0. The van der Waals surface area contributed by atoms with E-state index >= 15 is 0 Å². The van der Waals surface area contributed by atoms with Gasteiger partial charge in [-0.05, 0) is 51.7 Å². The quantitative estimate of drug-likeness (QED) is 0.819. The van der Waals surface area contributed by atoms with Crippen molar-refractivity contribution in [3.8, 4) is 0 Å². The molecule has 1 aromatic rings. The van der Waals surface area contributed by atoms with Gasteiger partial charge in [0.1, 0.15) is 5.60 Å². The summed E-state index contributed by atoms with van der Waals surface area (Å²) in [7, 11) is -3.39. The molecule has 1 aliphatic rings. The highest BCUT2D eigenvalue weighted by Crippen LogP contribution is 2.24. The normalized spacial score (nSPS) is 18.7. The van der Waals surface area contributed by atoms with Gasteiger partial charge in [-0.25, -0.2) is 13.2 Å². The Kier molecular flexibility index (Phi) is 5.98. The number of benzene rings is 1. The molecule has 1 fully saturated rings. The lowest BCUT2D eigenvalue weighted by molar-refractivity contribution is 0.0171. The summed E-state index contributed by atoms with van der Waals surface area (Å²) >= 11 is 0. The Balaban J connectivity index is 2.08. The topological polar surface area (TPSA) is 66.9 Å². The Morgan fingerprint density at radius 2 is 1.92 bits per heavy atom. The van der Waals surface area contributed by atoms with Crippen LogP contribution in [0, 0.1) is 5.92 Å². The standard InChI is InChI=1S/C18H28N2O4S/c1-18(2,3)24-17(21)19-12-8-9-15(13-19)14-20(25(4,22)23)16-10-6-5-7-11-16/h5-7,10-11,15H,8-9,12-14H2,1-4H3/t15-/m1/s1. The molecule has 1 aromatic carbocycles. The third kappa shape index (κ3) is 5.92. The molecule has 1 heterocycles. The number of anilines is 1. The van der Waals surface area contributed by atoms with E-state index in [9.17, 15) is 13.2 Å². The first-order chi connectivity index (χ1) is 11.6. The maximum absolute atomic E-state index is 12.3. The average Bonchev–Trinajstić information content (AvgIpc) is 2.51. The van der Waals surface area contributed by atoms with Crippen molar-refractivity contribution in [3.05, 3.63) is 30.3 Å². The molecule has 0 aliphatic carbocycles. The number of rotatable bonds is 4. The zero-order valence-corrected chi connectivity index (χ0v) is 16.3. The smallest absolute Gasteiger partial charge is 0.410 e. The number of sulfonamides is 1. The molecule has 0 spiro atoms. The zero-order valence-electron chi connectivity index (χ0n) is 15.4. The number of carbonyl (C=O) groups excluding carboxylic acids is 1. The van der Waals surface area contributed by atoms with Crippen LogP contribution in [0.15, 0.2) is 30.3 Å². The summed E-state index contributed by atoms with van der Waals surface area (Å²) in [4.78, 5) is 14.0. The number of para-hydroxylation sites is 1. The van der Waals surface area contributed by atoms with Crippen molar-refractivity contribution in [2.45, 2.75) is 39.2 Å². The van der Waals surface area contributed by atoms with Gasteiger partial charge in [-0.3, -0.25) is 4.31 Å². The molecule has 2 rings (SSSR count). The molecule has 0 N–H and O–H groups in total. The second kappa shape index (κ2) is 7.64. The molecule has 1 aliphatic heterocycles. The monoisotopic (exact) mass is 368 g/mol. The van der Waals surface area contributed by atoms with E-state index in [0.717, 1.165) is 12.8 Å². The minimum atomic E-state index is -3.39. The minimum Gasteiger partial charge on any atom is -0.444 e. The Hall–Kier alpha value is -1.76. The third-order valence-corrected chi connectivity index (χ3v) is 5.20. The van der Waals surface area contributed by atoms with E-state index in [1.54, 1.807) is 17.0 Å². The van der Waals surface area contributed by atoms with E-state index in [4.69, 9.17) is 4.74 Å². The number of carbonyl (C=O) groups is 1. The van der Waals surface area contributed by atoms with Crippen LogP contribution in [0.1, 0.15) is 33.6 Å². The molecule has 0 bridgehead atoms. The molecule has 25 heavy (non-hydrogen) atoms. The van der Waals surface area contributed by atoms with E-state index in [-0.39, 0.29) is 12.0 Å². The summed E-state index contributed by atoms with van der Waals surface area (Å²) in [6, 6.07) is 9.07. The first-order valence-corrected chi connectivity index (χ1v) is 10.4.